The molecule has 1 saturated heterocycles. The summed E-state index contributed by atoms with van der Waals surface area (Å²) in [5, 5.41) is 10.4. The molecule has 0 radical (unpaired) electrons. The number of rotatable bonds is 1. The third-order valence-electron chi connectivity index (χ3n) is 3.65. The molecule has 4 heteroatoms. The van der Waals surface area contributed by atoms with Gasteiger partial charge in [0.25, 0.3) is 0 Å². The van der Waals surface area contributed by atoms with Crippen LogP contribution in [0.15, 0.2) is 24.3 Å². The van der Waals surface area contributed by atoms with Gasteiger partial charge in [-0.3, -0.25) is 4.90 Å². The topological polar surface area (TPSA) is 49.8 Å². The van der Waals surface area contributed by atoms with E-state index in [9.17, 15) is 9.90 Å². The molecule has 0 aliphatic carbocycles. The molecule has 2 unspecified atom stereocenters. The number of aryl methyl sites for hydroxylation is 1. The molecule has 1 amide bonds. The van der Waals surface area contributed by atoms with Gasteiger partial charge in [-0.25, -0.2) is 4.79 Å². The largest absolute Gasteiger partial charge is 0.444 e. The van der Waals surface area contributed by atoms with E-state index in [0.717, 1.165) is 17.5 Å². The second kappa shape index (κ2) is 6.06. The molecule has 21 heavy (non-hydrogen) atoms. The van der Waals surface area contributed by atoms with Crippen LogP contribution in [0.2, 0.25) is 0 Å². The van der Waals surface area contributed by atoms with Crippen LogP contribution >= 0.6 is 0 Å². The summed E-state index contributed by atoms with van der Waals surface area (Å²) in [6, 6.07) is 7.64. The number of carbonyl (C=O) groups excluding carboxylic acids is 1. The van der Waals surface area contributed by atoms with Gasteiger partial charge in [-0.1, -0.05) is 29.8 Å². The minimum atomic E-state index is -0.547. The molecular formula is C17H25NO3. The molecule has 1 heterocycles. The number of piperidine rings is 1. The molecule has 1 aromatic carbocycles. The molecule has 2 atom stereocenters. The van der Waals surface area contributed by atoms with Crippen molar-refractivity contribution >= 4 is 6.09 Å². The highest BCUT2D eigenvalue weighted by atomic mass is 16.6. The van der Waals surface area contributed by atoms with Gasteiger partial charge in [0, 0.05) is 6.54 Å². The number of likely N-dealkylation sites (tertiary alicyclic amines) is 1. The first-order valence-electron chi connectivity index (χ1n) is 7.52. The summed E-state index contributed by atoms with van der Waals surface area (Å²) in [4.78, 5) is 14.1. The van der Waals surface area contributed by atoms with Gasteiger partial charge in [0.2, 0.25) is 0 Å². The van der Waals surface area contributed by atoms with Crippen molar-refractivity contribution in [1.29, 1.82) is 0 Å². The number of carbonyl (C=O) groups is 1. The summed E-state index contributed by atoms with van der Waals surface area (Å²) in [5.74, 6) is 0. The summed E-state index contributed by atoms with van der Waals surface area (Å²) in [5.41, 5.74) is 1.59. The Kier molecular flexibility index (Phi) is 4.57. The first-order valence-corrected chi connectivity index (χ1v) is 7.52. The smallest absolute Gasteiger partial charge is 0.410 e. The first-order chi connectivity index (χ1) is 9.78. The SMILES string of the molecule is Cc1ccc(C2C(O)CCCN2C(=O)OC(C)(C)C)cc1. The zero-order valence-corrected chi connectivity index (χ0v) is 13.3. The zero-order chi connectivity index (χ0) is 15.6. The van der Waals surface area contributed by atoms with E-state index in [4.69, 9.17) is 4.74 Å². The van der Waals surface area contributed by atoms with Crippen LogP contribution in [0.5, 0.6) is 0 Å². The number of aliphatic hydroxyl groups excluding tert-OH is 1. The van der Waals surface area contributed by atoms with Crippen molar-refractivity contribution in [1.82, 2.24) is 4.90 Å². The summed E-state index contributed by atoms with van der Waals surface area (Å²) >= 11 is 0. The van der Waals surface area contributed by atoms with E-state index >= 15 is 0 Å². The van der Waals surface area contributed by atoms with E-state index in [0.29, 0.717) is 13.0 Å². The quantitative estimate of drug-likeness (QED) is 0.862. The van der Waals surface area contributed by atoms with E-state index in [2.05, 4.69) is 0 Å². The number of ether oxygens (including phenoxy) is 1. The molecule has 1 aliphatic heterocycles. The molecule has 0 bridgehead atoms. The standard InChI is InChI=1S/C17H25NO3/c1-12-7-9-13(10-8-12)15-14(19)6-5-11-18(15)16(20)21-17(2,3)4/h7-10,14-15,19H,5-6,11H2,1-4H3. The lowest BCUT2D eigenvalue weighted by Crippen LogP contribution is -2.47. The van der Waals surface area contributed by atoms with Crippen molar-refractivity contribution < 1.29 is 14.6 Å². The van der Waals surface area contributed by atoms with Crippen molar-refractivity contribution in [3.8, 4) is 0 Å². The molecule has 1 aromatic rings. The number of hydrogen-bond donors (Lipinski definition) is 1. The second-order valence-corrected chi connectivity index (χ2v) is 6.74. The molecular weight excluding hydrogens is 266 g/mol. The fourth-order valence-electron chi connectivity index (χ4n) is 2.67. The maximum Gasteiger partial charge on any atom is 0.410 e. The molecule has 1 N–H and O–H groups in total. The Morgan fingerprint density at radius 3 is 2.48 bits per heavy atom. The highest BCUT2D eigenvalue weighted by Gasteiger charge is 2.36. The van der Waals surface area contributed by atoms with Crippen LogP contribution in [0.3, 0.4) is 0 Å². The molecule has 1 aliphatic rings. The van der Waals surface area contributed by atoms with Crippen LogP contribution in [-0.2, 0) is 4.74 Å². The summed E-state index contributed by atoms with van der Waals surface area (Å²) in [6.45, 7) is 8.20. The van der Waals surface area contributed by atoms with E-state index in [1.165, 1.54) is 0 Å². The highest BCUT2D eigenvalue weighted by molar-refractivity contribution is 5.69. The molecule has 2 rings (SSSR count). The normalized spacial score (nSPS) is 23.0. The molecule has 116 valence electrons. The number of aliphatic hydroxyl groups is 1. The van der Waals surface area contributed by atoms with Crippen LogP contribution in [0.1, 0.15) is 50.8 Å². The van der Waals surface area contributed by atoms with Crippen LogP contribution < -0.4 is 0 Å². The number of nitrogens with zero attached hydrogens (tertiary/aromatic N) is 1. The Morgan fingerprint density at radius 1 is 1.29 bits per heavy atom. The molecule has 0 spiro atoms. The number of hydrogen-bond acceptors (Lipinski definition) is 3. The van der Waals surface area contributed by atoms with E-state index in [1.807, 2.05) is 52.0 Å². The average molecular weight is 291 g/mol. The molecule has 1 fully saturated rings. The van der Waals surface area contributed by atoms with Gasteiger partial charge in [0.05, 0.1) is 12.1 Å². The Balaban J connectivity index is 2.25. The van der Waals surface area contributed by atoms with Gasteiger partial charge < -0.3 is 9.84 Å². The maximum atomic E-state index is 12.4. The van der Waals surface area contributed by atoms with Gasteiger partial charge in [-0.15, -0.1) is 0 Å². The average Bonchev–Trinajstić information content (AvgIpc) is 2.38. The zero-order valence-electron chi connectivity index (χ0n) is 13.3. The van der Waals surface area contributed by atoms with Crippen molar-refractivity contribution in [2.45, 2.75) is 58.3 Å². The fraction of sp³-hybridized carbons (Fsp3) is 0.588. The monoisotopic (exact) mass is 291 g/mol. The van der Waals surface area contributed by atoms with E-state index in [-0.39, 0.29) is 12.1 Å². The summed E-state index contributed by atoms with van der Waals surface area (Å²) in [6.07, 6.45) is 0.599. The highest BCUT2D eigenvalue weighted by Crippen LogP contribution is 2.32. The van der Waals surface area contributed by atoms with Gasteiger partial charge in [-0.05, 0) is 46.1 Å². The minimum Gasteiger partial charge on any atom is -0.444 e. The Bertz CT molecular complexity index is 490. The third kappa shape index (κ3) is 3.97. The van der Waals surface area contributed by atoms with Crippen LogP contribution in [0.25, 0.3) is 0 Å². The second-order valence-electron chi connectivity index (χ2n) is 6.74. The van der Waals surface area contributed by atoms with Crippen molar-refractivity contribution in [3.63, 3.8) is 0 Å². The third-order valence-corrected chi connectivity index (χ3v) is 3.65. The summed E-state index contributed by atoms with van der Waals surface area (Å²) < 4.78 is 5.48. The predicted octanol–water partition coefficient (Wildman–Crippen LogP) is 3.43. The first kappa shape index (κ1) is 15.8. The lowest BCUT2D eigenvalue weighted by molar-refractivity contribution is -0.0239. The van der Waals surface area contributed by atoms with Crippen molar-refractivity contribution in [2.75, 3.05) is 6.54 Å². The maximum absolute atomic E-state index is 12.4. The Labute approximate surface area is 126 Å². The summed E-state index contributed by atoms with van der Waals surface area (Å²) in [7, 11) is 0. The predicted molar refractivity (Wildman–Crippen MR) is 82.1 cm³/mol. The molecule has 0 saturated carbocycles. The lowest BCUT2D eigenvalue weighted by atomic mass is 9.92. The fourth-order valence-corrected chi connectivity index (χ4v) is 2.67. The van der Waals surface area contributed by atoms with Crippen LogP contribution in [0, 0.1) is 6.92 Å². The molecule has 4 nitrogen and oxygen atoms in total. The Hall–Kier alpha value is -1.55. The van der Waals surface area contributed by atoms with Gasteiger partial charge in [-0.2, -0.15) is 0 Å². The molecule has 0 aromatic heterocycles. The van der Waals surface area contributed by atoms with Gasteiger partial charge >= 0.3 is 6.09 Å². The van der Waals surface area contributed by atoms with Crippen molar-refractivity contribution in [3.05, 3.63) is 35.4 Å². The van der Waals surface area contributed by atoms with Gasteiger partial charge in [0.15, 0.2) is 0 Å². The van der Waals surface area contributed by atoms with Crippen LogP contribution in [0.4, 0.5) is 4.79 Å². The Morgan fingerprint density at radius 2 is 1.90 bits per heavy atom. The van der Waals surface area contributed by atoms with E-state index < -0.39 is 11.7 Å². The lowest BCUT2D eigenvalue weighted by Gasteiger charge is -2.39. The number of benzene rings is 1. The minimum absolute atomic E-state index is 0.325. The number of amides is 1. The van der Waals surface area contributed by atoms with Crippen LogP contribution in [-0.4, -0.2) is 34.3 Å². The van der Waals surface area contributed by atoms with Gasteiger partial charge in [0.1, 0.15) is 5.60 Å². The van der Waals surface area contributed by atoms with Crippen molar-refractivity contribution in [2.24, 2.45) is 0 Å². The van der Waals surface area contributed by atoms with E-state index in [1.54, 1.807) is 4.90 Å².